The van der Waals surface area contributed by atoms with Gasteiger partial charge in [0, 0.05) is 6.08 Å². The van der Waals surface area contributed by atoms with Crippen LogP contribution in [0.1, 0.15) is 54.0 Å². The molecule has 7 heteroatoms. The molecule has 1 saturated heterocycles. The Morgan fingerprint density at radius 2 is 1.63 bits per heavy atom. The maximum atomic E-state index is 12.8. The first kappa shape index (κ1) is 23.4. The number of carbonyl (C=O) groups excluding carboxylic acids is 3. The Kier molecular flexibility index (Phi) is 6.64. The summed E-state index contributed by atoms with van der Waals surface area (Å²) in [5.41, 5.74) is -1.76. The van der Waals surface area contributed by atoms with Crippen LogP contribution in [0.2, 0.25) is 0 Å². The van der Waals surface area contributed by atoms with E-state index in [2.05, 4.69) is 0 Å². The van der Waals surface area contributed by atoms with Crippen molar-refractivity contribution >= 4 is 18.2 Å². The average molecular weight is 418 g/mol. The highest BCUT2D eigenvalue weighted by Gasteiger charge is 2.53. The molecule has 0 unspecified atom stereocenters. The first-order valence-electron chi connectivity index (χ1n) is 9.91. The Morgan fingerprint density at radius 1 is 1.07 bits per heavy atom. The van der Waals surface area contributed by atoms with Crippen molar-refractivity contribution in [3.05, 3.63) is 48.0 Å². The van der Waals surface area contributed by atoms with Crippen molar-refractivity contribution in [1.82, 2.24) is 4.90 Å². The van der Waals surface area contributed by atoms with Gasteiger partial charge in [-0.05, 0) is 66.5 Å². The number of cyclic esters (lactones) is 1. The van der Waals surface area contributed by atoms with Crippen LogP contribution in [0.4, 0.5) is 9.59 Å². The van der Waals surface area contributed by atoms with Gasteiger partial charge in [-0.3, -0.25) is 0 Å². The van der Waals surface area contributed by atoms with Crippen molar-refractivity contribution < 1.29 is 28.6 Å². The fraction of sp³-hybridized carbons (Fsp3) is 0.522. The minimum Gasteiger partial charge on any atom is -0.457 e. The van der Waals surface area contributed by atoms with Crippen molar-refractivity contribution in [1.29, 1.82) is 0 Å². The zero-order valence-corrected chi connectivity index (χ0v) is 18.7. The number of carbonyl (C=O) groups is 3. The molecule has 2 atom stereocenters. The quantitative estimate of drug-likeness (QED) is 0.403. The van der Waals surface area contributed by atoms with E-state index in [9.17, 15) is 14.4 Å². The van der Waals surface area contributed by atoms with Crippen molar-refractivity contribution in [3.63, 3.8) is 0 Å². The minimum absolute atomic E-state index is 0.334. The van der Waals surface area contributed by atoms with Crippen molar-refractivity contribution in [3.8, 4) is 0 Å². The lowest BCUT2D eigenvalue weighted by atomic mass is 9.90. The van der Waals surface area contributed by atoms with Crippen LogP contribution in [0.25, 0.3) is 0 Å². The summed E-state index contributed by atoms with van der Waals surface area (Å²) in [6, 6.07) is 8.72. The largest absolute Gasteiger partial charge is 0.457 e. The van der Waals surface area contributed by atoms with Crippen molar-refractivity contribution in [2.45, 2.75) is 77.7 Å². The third kappa shape index (κ3) is 6.34. The number of imide groups is 1. The molecule has 1 aliphatic heterocycles. The van der Waals surface area contributed by atoms with E-state index in [0.717, 1.165) is 10.5 Å². The normalized spacial score (nSPS) is 22.2. The highest BCUT2D eigenvalue weighted by molar-refractivity contribution is 5.91. The van der Waals surface area contributed by atoms with Gasteiger partial charge in [-0.25, -0.2) is 19.3 Å². The van der Waals surface area contributed by atoms with Crippen LogP contribution in [0.3, 0.4) is 0 Å². The van der Waals surface area contributed by atoms with E-state index in [1.807, 2.05) is 30.3 Å². The van der Waals surface area contributed by atoms with Gasteiger partial charge in [-0.1, -0.05) is 30.3 Å². The van der Waals surface area contributed by atoms with Gasteiger partial charge in [0.15, 0.2) is 5.60 Å². The molecule has 1 fully saturated rings. The molecule has 1 aliphatic rings. The van der Waals surface area contributed by atoms with Crippen molar-refractivity contribution in [2.75, 3.05) is 0 Å². The molecule has 2 rings (SSSR count). The van der Waals surface area contributed by atoms with Crippen LogP contribution in [0.15, 0.2) is 42.5 Å². The molecule has 0 radical (unpaired) electrons. The van der Waals surface area contributed by atoms with E-state index in [1.165, 1.54) is 12.2 Å². The number of benzene rings is 1. The number of nitrogens with zero attached hydrogens (tertiary/aromatic N) is 1. The third-order valence-electron chi connectivity index (χ3n) is 4.30. The SMILES string of the molecule is CC(C)(C)OC(=O)/C=C/[C@]1(C)OC(=O)N(C(=O)OC(C)(C)C)[C@@H]1Cc1ccccc1. The van der Waals surface area contributed by atoms with Crippen LogP contribution >= 0.6 is 0 Å². The maximum Gasteiger partial charge on any atom is 0.420 e. The summed E-state index contributed by atoms with van der Waals surface area (Å²) in [7, 11) is 0. The van der Waals surface area contributed by atoms with Gasteiger partial charge in [0.2, 0.25) is 0 Å². The predicted octanol–water partition coefficient (Wildman–Crippen LogP) is 4.64. The smallest absolute Gasteiger partial charge is 0.420 e. The van der Waals surface area contributed by atoms with E-state index in [1.54, 1.807) is 48.5 Å². The fourth-order valence-electron chi connectivity index (χ4n) is 3.05. The minimum atomic E-state index is -1.24. The van der Waals surface area contributed by atoms with Crippen LogP contribution in [0.5, 0.6) is 0 Å². The van der Waals surface area contributed by atoms with Gasteiger partial charge in [0.1, 0.15) is 11.2 Å². The molecule has 0 bridgehead atoms. The van der Waals surface area contributed by atoms with Gasteiger partial charge in [-0.2, -0.15) is 0 Å². The first-order valence-corrected chi connectivity index (χ1v) is 9.91. The lowest BCUT2D eigenvalue weighted by Gasteiger charge is -2.30. The molecule has 0 saturated carbocycles. The molecule has 2 amide bonds. The average Bonchev–Trinajstić information content (AvgIpc) is 2.82. The van der Waals surface area contributed by atoms with Crippen LogP contribution < -0.4 is 0 Å². The first-order chi connectivity index (χ1) is 13.7. The molecule has 164 valence electrons. The zero-order chi connectivity index (χ0) is 22.7. The van der Waals surface area contributed by atoms with Crippen molar-refractivity contribution in [2.24, 2.45) is 0 Å². The fourth-order valence-corrected chi connectivity index (χ4v) is 3.05. The second-order valence-electron chi connectivity index (χ2n) is 9.47. The van der Waals surface area contributed by atoms with Gasteiger partial charge < -0.3 is 14.2 Å². The van der Waals surface area contributed by atoms with Crippen LogP contribution in [0, 0.1) is 0 Å². The molecule has 1 aromatic carbocycles. The van der Waals surface area contributed by atoms with E-state index >= 15 is 0 Å². The second-order valence-corrected chi connectivity index (χ2v) is 9.47. The highest BCUT2D eigenvalue weighted by atomic mass is 16.6. The number of esters is 1. The topological polar surface area (TPSA) is 82.1 Å². The molecular formula is C23H31NO6. The lowest BCUT2D eigenvalue weighted by molar-refractivity contribution is -0.148. The van der Waals surface area contributed by atoms with E-state index < -0.39 is 41.0 Å². The van der Waals surface area contributed by atoms with Crippen LogP contribution in [-0.4, -0.2) is 45.9 Å². The number of hydrogen-bond acceptors (Lipinski definition) is 6. The Labute approximate surface area is 178 Å². The van der Waals surface area contributed by atoms with Gasteiger partial charge >= 0.3 is 18.2 Å². The van der Waals surface area contributed by atoms with E-state index in [4.69, 9.17) is 14.2 Å². The third-order valence-corrected chi connectivity index (χ3v) is 4.30. The summed E-state index contributed by atoms with van der Waals surface area (Å²) in [6.07, 6.45) is 1.43. The molecule has 7 nitrogen and oxygen atoms in total. The molecule has 1 aromatic rings. The summed E-state index contributed by atoms with van der Waals surface area (Å²) in [4.78, 5) is 38.6. The Morgan fingerprint density at radius 3 is 2.17 bits per heavy atom. The molecule has 1 heterocycles. The predicted molar refractivity (Wildman–Crippen MR) is 112 cm³/mol. The molecule has 0 spiro atoms. The zero-order valence-electron chi connectivity index (χ0n) is 18.7. The molecular weight excluding hydrogens is 386 g/mol. The number of rotatable bonds is 4. The Bertz CT molecular complexity index is 818. The molecule has 0 aromatic heterocycles. The molecule has 0 N–H and O–H groups in total. The Balaban J connectivity index is 2.36. The second kappa shape index (κ2) is 8.50. The number of amides is 2. The summed E-state index contributed by atoms with van der Waals surface area (Å²) >= 11 is 0. The van der Waals surface area contributed by atoms with Gasteiger partial charge in [0.25, 0.3) is 0 Å². The lowest BCUT2D eigenvalue weighted by Crippen LogP contribution is -2.48. The Hall–Kier alpha value is -2.83. The summed E-state index contributed by atoms with van der Waals surface area (Å²) < 4.78 is 16.3. The highest BCUT2D eigenvalue weighted by Crippen LogP contribution is 2.34. The standard InChI is InChI=1S/C23H31NO6/c1-21(2,3)28-18(25)13-14-23(7)17(15-16-11-9-8-10-12-16)24(20(27)30-23)19(26)29-22(4,5)6/h8-14,17H,15H2,1-7H3/b14-13+/t17-,23+/m1/s1. The monoisotopic (exact) mass is 417 g/mol. The van der Waals surface area contributed by atoms with Gasteiger partial charge in [0.05, 0.1) is 6.04 Å². The maximum absolute atomic E-state index is 12.8. The molecule has 30 heavy (non-hydrogen) atoms. The van der Waals surface area contributed by atoms with Gasteiger partial charge in [-0.15, -0.1) is 0 Å². The summed E-state index contributed by atoms with van der Waals surface area (Å²) in [5, 5.41) is 0. The number of ether oxygens (including phenoxy) is 3. The molecule has 0 aliphatic carbocycles. The van der Waals surface area contributed by atoms with E-state index in [0.29, 0.717) is 6.42 Å². The summed E-state index contributed by atoms with van der Waals surface area (Å²) in [6.45, 7) is 12.1. The van der Waals surface area contributed by atoms with E-state index in [-0.39, 0.29) is 0 Å². The van der Waals surface area contributed by atoms with Crippen LogP contribution in [-0.2, 0) is 25.4 Å². The summed E-state index contributed by atoms with van der Waals surface area (Å²) in [5.74, 6) is -0.561. The number of hydrogen-bond donors (Lipinski definition) is 0.